The first-order valence-electron chi connectivity index (χ1n) is 8.68. The fourth-order valence-electron chi connectivity index (χ4n) is 2.72. The van der Waals surface area contributed by atoms with Crippen molar-refractivity contribution in [3.8, 4) is 11.8 Å². The molecule has 0 spiro atoms. The Morgan fingerprint density at radius 3 is 2.68 bits per heavy atom. The van der Waals surface area contributed by atoms with Crippen molar-refractivity contribution in [1.29, 1.82) is 5.26 Å². The number of esters is 2. The molecule has 0 aliphatic heterocycles. The summed E-state index contributed by atoms with van der Waals surface area (Å²) >= 11 is 0. The molecule has 9 nitrogen and oxygen atoms in total. The van der Waals surface area contributed by atoms with Crippen molar-refractivity contribution in [2.45, 2.75) is 26.8 Å². The summed E-state index contributed by atoms with van der Waals surface area (Å²) < 4.78 is 13.1. The van der Waals surface area contributed by atoms with Gasteiger partial charge in [0.15, 0.2) is 5.69 Å². The Labute approximate surface area is 161 Å². The minimum Gasteiger partial charge on any atom is -0.462 e. The summed E-state index contributed by atoms with van der Waals surface area (Å²) in [5.74, 6) is -0.999. The predicted octanol–water partition coefficient (Wildman–Crippen LogP) is 2.39. The van der Waals surface area contributed by atoms with Crippen LogP contribution in [0.15, 0.2) is 30.6 Å². The fourth-order valence-corrected chi connectivity index (χ4v) is 2.72. The van der Waals surface area contributed by atoms with Crippen LogP contribution in [-0.2, 0) is 14.3 Å². The van der Waals surface area contributed by atoms with E-state index in [1.807, 2.05) is 32.0 Å². The smallest absolute Gasteiger partial charge is 0.341 e. The van der Waals surface area contributed by atoms with E-state index in [0.717, 1.165) is 10.9 Å². The summed E-state index contributed by atoms with van der Waals surface area (Å²) in [5, 5.41) is 18.6. The molecular formula is C19H19N5O4. The lowest BCUT2D eigenvalue weighted by Gasteiger charge is -2.07. The van der Waals surface area contributed by atoms with Crippen LogP contribution in [0.1, 0.15) is 42.9 Å². The first kappa shape index (κ1) is 19.1. The summed E-state index contributed by atoms with van der Waals surface area (Å²) in [6.07, 6.45) is 2.93. The van der Waals surface area contributed by atoms with Crippen molar-refractivity contribution in [2.75, 3.05) is 13.2 Å². The van der Waals surface area contributed by atoms with E-state index in [2.05, 4.69) is 16.3 Å². The highest BCUT2D eigenvalue weighted by atomic mass is 16.6. The van der Waals surface area contributed by atoms with Crippen LogP contribution in [0.4, 0.5) is 0 Å². The highest BCUT2D eigenvalue weighted by molar-refractivity contribution is 5.89. The van der Waals surface area contributed by atoms with E-state index < -0.39 is 11.9 Å². The molecule has 0 unspecified atom stereocenters. The average molecular weight is 381 g/mol. The van der Waals surface area contributed by atoms with Crippen LogP contribution in [0.25, 0.3) is 16.6 Å². The SMILES string of the molecule is CC(=O)OCCOC(=O)c1cnn(-c2ccc3c(c2)c(C#N)nn3C(C)C)c1. The van der Waals surface area contributed by atoms with E-state index in [1.165, 1.54) is 24.0 Å². The van der Waals surface area contributed by atoms with Crippen LogP contribution in [0.3, 0.4) is 0 Å². The van der Waals surface area contributed by atoms with Crippen LogP contribution < -0.4 is 0 Å². The number of benzene rings is 1. The van der Waals surface area contributed by atoms with Crippen LogP contribution >= 0.6 is 0 Å². The maximum atomic E-state index is 12.1. The summed E-state index contributed by atoms with van der Waals surface area (Å²) in [4.78, 5) is 22.7. The molecule has 1 aromatic carbocycles. The van der Waals surface area contributed by atoms with E-state index in [4.69, 9.17) is 9.47 Å². The van der Waals surface area contributed by atoms with Gasteiger partial charge < -0.3 is 9.47 Å². The summed E-state index contributed by atoms with van der Waals surface area (Å²) in [5.41, 5.74) is 2.14. The Bertz CT molecular complexity index is 1070. The van der Waals surface area contributed by atoms with Gasteiger partial charge in [-0.15, -0.1) is 0 Å². The summed E-state index contributed by atoms with van der Waals surface area (Å²) in [6, 6.07) is 7.75. The molecular weight excluding hydrogens is 362 g/mol. The third-order valence-corrected chi connectivity index (χ3v) is 3.99. The van der Waals surface area contributed by atoms with Crippen LogP contribution in [0.2, 0.25) is 0 Å². The van der Waals surface area contributed by atoms with E-state index >= 15 is 0 Å². The lowest BCUT2D eigenvalue weighted by atomic mass is 10.2. The molecule has 0 saturated heterocycles. The first-order chi connectivity index (χ1) is 13.4. The number of nitrogens with zero attached hydrogens (tertiary/aromatic N) is 5. The summed E-state index contributed by atoms with van der Waals surface area (Å²) in [7, 11) is 0. The maximum absolute atomic E-state index is 12.1. The second-order valence-electron chi connectivity index (χ2n) is 6.35. The standard InChI is InChI=1S/C19H19N5O4/c1-12(2)24-18-5-4-15(8-16(18)17(9-20)22-24)23-11-14(10-21-23)19(26)28-7-6-27-13(3)25/h4-5,8,10-12H,6-7H2,1-3H3. The largest absolute Gasteiger partial charge is 0.462 e. The molecule has 0 N–H and O–H groups in total. The normalized spacial score (nSPS) is 10.8. The van der Waals surface area contributed by atoms with Crippen molar-refractivity contribution >= 4 is 22.8 Å². The molecule has 0 fully saturated rings. The molecule has 0 saturated carbocycles. The maximum Gasteiger partial charge on any atom is 0.341 e. The van der Waals surface area contributed by atoms with Gasteiger partial charge in [-0.25, -0.2) is 9.48 Å². The lowest BCUT2D eigenvalue weighted by Crippen LogP contribution is -2.12. The second kappa shape index (κ2) is 7.92. The second-order valence-corrected chi connectivity index (χ2v) is 6.35. The third-order valence-electron chi connectivity index (χ3n) is 3.99. The van der Waals surface area contributed by atoms with Gasteiger partial charge >= 0.3 is 11.9 Å². The molecule has 28 heavy (non-hydrogen) atoms. The molecule has 3 aromatic rings. The zero-order valence-corrected chi connectivity index (χ0v) is 15.7. The zero-order chi connectivity index (χ0) is 20.3. The Morgan fingerprint density at radius 1 is 1.25 bits per heavy atom. The Morgan fingerprint density at radius 2 is 2.00 bits per heavy atom. The Balaban J connectivity index is 1.81. The van der Waals surface area contributed by atoms with E-state index in [-0.39, 0.29) is 24.8 Å². The monoisotopic (exact) mass is 381 g/mol. The molecule has 0 atom stereocenters. The topological polar surface area (TPSA) is 112 Å². The first-order valence-corrected chi connectivity index (χ1v) is 8.68. The average Bonchev–Trinajstić information content (AvgIpc) is 3.29. The molecule has 3 rings (SSSR count). The molecule has 2 heterocycles. The number of fused-ring (bicyclic) bond motifs is 1. The van der Waals surface area contributed by atoms with E-state index in [1.54, 1.807) is 4.68 Å². The minimum absolute atomic E-state index is 0.00263. The van der Waals surface area contributed by atoms with Gasteiger partial charge in [-0.1, -0.05) is 0 Å². The number of nitriles is 1. The van der Waals surface area contributed by atoms with Crippen molar-refractivity contribution in [2.24, 2.45) is 0 Å². The summed E-state index contributed by atoms with van der Waals surface area (Å²) in [6.45, 7) is 5.24. The van der Waals surface area contributed by atoms with Gasteiger partial charge in [0.2, 0.25) is 0 Å². The predicted molar refractivity (Wildman–Crippen MR) is 98.9 cm³/mol. The number of aromatic nitrogens is 4. The van der Waals surface area contributed by atoms with Gasteiger partial charge in [0.05, 0.1) is 23.0 Å². The number of ether oxygens (including phenoxy) is 2. The van der Waals surface area contributed by atoms with Gasteiger partial charge in [0.25, 0.3) is 0 Å². The van der Waals surface area contributed by atoms with Crippen molar-refractivity contribution in [1.82, 2.24) is 19.6 Å². The molecule has 144 valence electrons. The Hall–Kier alpha value is -3.67. The van der Waals surface area contributed by atoms with Crippen molar-refractivity contribution < 1.29 is 19.1 Å². The molecule has 0 radical (unpaired) electrons. The molecule has 0 aliphatic carbocycles. The number of hydrogen-bond acceptors (Lipinski definition) is 7. The van der Waals surface area contributed by atoms with E-state index in [9.17, 15) is 14.9 Å². The quantitative estimate of drug-likeness (QED) is 0.476. The van der Waals surface area contributed by atoms with E-state index in [0.29, 0.717) is 11.4 Å². The van der Waals surface area contributed by atoms with Crippen molar-refractivity contribution in [3.05, 3.63) is 41.9 Å². The van der Waals surface area contributed by atoms with Crippen LogP contribution in [-0.4, -0.2) is 44.7 Å². The van der Waals surface area contributed by atoms with Crippen LogP contribution in [0.5, 0.6) is 0 Å². The highest BCUT2D eigenvalue weighted by Gasteiger charge is 2.15. The third kappa shape index (κ3) is 3.86. The van der Waals surface area contributed by atoms with Gasteiger partial charge in [0.1, 0.15) is 19.3 Å². The number of hydrogen-bond donors (Lipinski definition) is 0. The van der Waals surface area contributed by atoms with Gasteiger partial charge in [-0.05, 0) is 32.0 Å². The number of carbonyl (C=O) groups is 2. The molecule has 2 aromatic heterocycles. The number of carbonyl (C=O) groups excluding carboxylic acids is 2. The Kier molecular flexibility index (Phi) is 5.40. The molecule has 0 aliphatic rings. The fraction of sp³-hybridized carbons (Fsp3) is 0.316. The number of rotatable bonds is 6. The molecule has 9 heteroatoms. The lowest BCUT2D eigenvalue weighted by molar-refractivity contribution is -0.142. The van der Waals surface area contributed by atoms with Crippen LogP contribution in [0, 0.1) is 11.3 Å². The molecule has 0 bridgehead atoms. The minimum atomic E-state index is -0.565. The van der Waals surface area contributed by atoms with Gasteiger partial charge in [-0.3, -0.25) is 9.48 Å². The van der Waals surface area contributed by atoms with Gasteiger partial charge in [0, 0.05) is 24.5 Å². The highest BCUT2D eigenvalue weighted by Crippen LogP contribution is 2.24. The molecule has 0 amide bonds. The zero-order valence-electron chi connectivity index (χ0n) is 15.7. The van der Waals surface area contributed by atoms with Gasteiger partial charge in [-0.2, -0.15) is 15.5 Å². The van der Waals surface area contributed by atoms with Crippen molar-refractivity contribution in [3.63, 3.8) is 0 Å².